The van der Waals surface area contributed by atoms with E-state index in [0.717, 1.165) is 0 Å². The maximum atomic E-state index is 13.2. The second-order valence-corrected chi connectivity index (χ2v) is 3.44. The van der Waals surface area contributed by atoms with Gasteiger partial charge in [0.1, 0.15) is 5.83 Å². The van der Waals surface area contributed by atoms with Crippen molar-refractivity contribution in [2.75, 3.05) is 0 Å². The third-order valence-electron chi connectivity index (χ3n) is 2.47. The van der Waals surface area contributed by atoms with Crippen molar-refractivity contribution in [3.05, 3.63) is 46.0 Å². The second kappa shape index (κ2) is 3.75. The Kier molecular flexibility index (Phi) is 2.63. The molecular weight excluding hydrogens is 253 g/mol. The van der Waals surface area contributed by atoms with Crippen LogP contribution >= 0.6 is 0 Å². The van der Waals surface area contributed by atoms with Gasteiger partial charge in [-0.05, 0) is 0 Å². The zero-order chi connectivity index (χ0) is 12.9. The summed E-state index contributed by atoms with van der Waals surface area (Å²) in [4.78, 5) is 0. The van der Waals surface area contributed by atoms with E-state index in [1.54, 1.807) is 0 Å². The molecule has 2 rings (SSSR count). The average molecular weight is 256 g/mol. The van der Waals surface area contributed by atoms with Crippen LogP contribution in [0.2, 0.25) is 0 Å². The van der Waals surface area contributed by atoms with Crippen LogP contribution in [0.15, 0.2) is 11.7 Å². The summed E-state index contributed by atoms with van der Waals surface area (Å²) in [5.74, 6) is -12.0. The first-order valence-corrected chi connectivity index (χ1v) is 4.39. The van der Waals surface area contributed by atoms with E-state index in [-0.39, 0.29) is 0 Å². The van der Waals surface area contributed by atoms with Crippen LogP contribution in [0.3, 0.4) is 0 Å². The summed E-state index contributed by atoms with van der Waals surface area (Å²) in [6, 6.07) is 0. The molecule has 0 nitrogen and oxygen atoms in total. The summed E-state index contributed by atoms with van der Waals surface area (Å²) >= 11 is 0. The van der Waals surface area contributed by atoms with Crippen molar-refractivity contribution in [2.45, 2.75) is 12.6 Å². The smallest absolute Gasteiger partial charge is 0.197 e. The van der Waals surface area contributed by atoms with Gasteiger partial charge in [0.05, 0.1) is 0 Å². The molecule has 0 heterocycles. The Labute approximate surface area is 90.4 Å². The van der Waals surface area contributed by atoms with E-state index in [1.165, 1.54) is 0 Å². The van der Waals surface area contributed by atoms with Crippen molar-refractivity contribution in [3.8, 4) is 0 Å². The van der Waals surface area contributed by atoms with Crippen LogP contribution in [-0.2, 0) is 6.42 Å². The van der Waals surface area contributed by atoms with Crippen molar-refractivity contribution >= 4 is 0 Å². The molecule has 0 saturated heterocycles. The molecule has 92 valence electrons. The number of alkyl halides is 1. The molecule has 0 N–H and O–H groups in total. The fraction of sp³-hybridized carbons (Fsp3) is 0.200. The number of rotatable bonds is 0. The van der Waals surface area contributed by atoms with Crippen LogP contribution in [0.4, 0.5) is 30.7 Å². The maximum Gasteiger partial charge on any atom is 0.197 e. The number of allylic oxidation sites excluding steroid dienone is 2. The zero-order valence-corrected chi connectivity index (χ0v) is 7.93. The monoisotopic (exact) mass is 256 g/mol. The molecule has 0 spiro atoms. The molecule has 1 atom stereocenters. The van der Waals surface area contributed by atoms with E-state index in [2.05, 4.69) is 0 Å². The minimum atomic E-state index is -2.97. The number of benzene rings is 1. The van der Waals surface area contributed by atoms with Crippen LogP contribution in [0.25, 0.3) is 0 Å². The predicted octanol–water partition coefficient (Wildman–Crippen LogP) is 3.96. The van der Waals surface area contributed by atoms with Gasteiger partial charge in [0.15, 0.2) is 35.3 Å². The molecule has 0 aliphatic heterocycles. The Morgan fingerprint density at radius 1 is 0.765 bits per heavy atom. The van der Waals surface area contributed by atoms with E-state index in [9.17, 15) is 30.7 Å². The molecule has 0 radical (unpaired) electrons. The molecule has 0 aromatic heterocycles. The Morgan fingerprint density at radius 3 is 1.88 bits per heavy atom. The highest BCUT2D eigenvalue weighted by atomic mass is 19.2. The van der Waals surface area contributed by atoms with E-state index in [0.29, 0.717) is 0 Å². The minimum absolute atomic E-state index is 1.05. The molecule has 1 unspecified atom stereocenters. The summed E-state index contributed by atoms with van der Waals surface area (Å²) < 4.78 is 90.7. The number of hydrogen-bond acceptors (Lipinski definition) is 0. The molecule has 7 heteroatoms. The van der Waals surface area contributed by atoms with Crippen LogP contribution in [-0.4, -0.2) is 0 Å². The van der Waals surface area contributed by atoms with Gasteiger partial charge >= 0.3 is 0 Å². The highest BCUT2D eigenvalue weighted by molar-refractivity contribution is 5.42. The molecule has 0 saturated carbocycles. The lowest BCUT2D eigenvalue weighted by atomic mass is 9.92. The van der Waals surface area contributed by atoms with Gasteiger partial charge in [-0.3, -0.25) is 0 Å². The van der Waals surface area contributed by atoms with E-state index in [4.69, 9.17) is 0 Å². The lowest BCUT2D eigenvalue weighted by molar-refractivity contribution is 0.285. The van der Waals surface area contributed by atoms with E-state index in [1.807, 2.05) is 0 Å². The third-order valence-corrected chi connectivity index (χ3v) is 2.47. The SMILES string of the molecule is FC1=C(F)C(F)c2c(F)c(F)c(F)c(F)c2C1. The molecule has 1 aliphatic rings. The first-order chi connectivity index (χ1) is 7.86. The molecule has 1 aromatic rings. The fourth-order valence-electron chi connectivity index (χ4n) is 1.64. The molecule has 17 heavy (non-hydrogen) atoms. The first kappa shape index (κ1) is 11.9. The Morgan fingerprint density at radius 2 is 1.29 bits per heavy atom. The fourth-order valence-corrected chi connectivity index (χ4v) is 1.64. The lowest BCUT2D eigenvalue weighted by Gasteiger charge is -2.20. The van der Waals surface area contributed by atoms with Gasteiger partial charge in [-0.2, -0.15) is 0 Å². The van der Waals surface area contributed by atoms with Crippen molar-refractivity contribution in [1.29, 1.82) is 0 Å². The molecule has 1 aliphatic carbocycles. The van der Waals surface area contributed by atoms with Gasteiger partial charge in [-0.1, -0.05) is 0 Å². The van der Waals surface area contributed by atoms with Crippen molar-refractivity contribution in [2.24, 2.45) is 0 Å². The topological polar surface area (TPSA) is 0 Å². The molecule has 0 bridgehead atoms. The number of hydrogen-bond donors (Lipinski definition) is 0. The molecule has 0 fully saturated rings. The Bertz CT molecular complexity index is 532. The average Bonchev–Trinajstić information content (AvgIpc) is 2.30. The lowest BCUT2D eigenvalue weighted by Crippen LogP contribution is -2.16. The summed E-state index contributed by atoms with van der Waals surface area (Å²) in [6.45, 7) is 0. The van der Waals surface area contributed by atoms with Gasteiger partial charge in [0.25, 0.3) is 0 Å². The summed E-state index contributed by atoms with van der Waals surface area (Å²) in [7, 11) is 0. The van der Waals surface area contributed by atoms with Crippen LogP contribution in [0, 0.1) is 23.3 Å². The van der Waals surface area contributed by atoms with Crippen molar-refractivity contribution < 1.29 is 30.7 Å². The quantitative estimate of drug-likeness (QED) is 0.374. The number of halogens is 7. The maximum absolute atomic E-state index is 13.2. The van der Waals surface area contributed by atoms with Gasteiger partial charge in [0, 0.05) is 17.5 Å². The molecule has 1 aromatic carbocycles. The van der Waals surface area contributed by atoms with Crippen LogP contribution in [0.5, 0.6) is 0 Å². The Balaban J connectivity index is 2.78. The summed E-state index contributed by atoms with van der Waals surface area (Å²) in [5, 5.41) is 0. The third kappa shape index (κ3) is 1.52. The number of fused-ring (bicyclic) bond motifs is 1. The standard InChI is InChI=1S/C10H3F7/c11-3-1-2-4(7(14)6(3)13)8(15)10(17)9(16)5(2)12/h7H,1H2. The summed E-state index contributed by atoms with van der Waals surface area (Å²) in [5.41, 5.74) is -2.38. The van der Waals surface area contributed by atoms with E-state index < -0.39 is 58.6 Å². The largest absolute Gasteiger partial charge is 0.234 e. The van der Waals surface area contributed by atoms with Gasteiger partial charge < -0.3 is 0 Å². The van der Waals surface area contributed by atoms with E-state index >= 15 is 0 Å². The van der Waals surface area contributed by atoms with Crippen molar-refractivity contribution in [3.63, 3.8) is 0 Å². The van der Waals surface area contributed by atoms with Gasteiger partial charge in [0.2, 0.25) is 0 Å². The van der Waals surface area contributed by atoms with Gasteiger partial charge in [-0.25, -0.2) is 30.7 Å². The first-order valence-electron chi connectivity index (χ1n) is 4.39. The zero-order valence-electron chi connectivity index (χ0n) is 7.93. The van der Waals surface area contributed by atoms with Crippen LogP contribution < -0.4 is 0 Å². The highest BCUT2D eigenvalue weighted by Gasteiger charge is 2.37. The predicted molar refractivity (Wildman–Crippen MR) is 43.1 cm³/mol. The summed E-state index contributed by atoms with van der Waals surface area (Å²) in [6.07, 6.45) is -4.12. The molecular formula is C10H3F7. The molecule has 0 amide bonds. The van der Waals surface area contributed by atoms with Crippen LogP contribution in [0.1, 0.15) is 17.3 Å². The minimum Gasteiger partial charge on any atom is -0.234 e. The normalized spacial score (nSPS) is 19.6. The van der Waals surface area contributed by atoms with Crippen molar-refractivity contribution in [1.82, 2.24) is 0 Å². The highest BCUT2D eigenvalue weighted by Crippen LogP contribution is 2.42. The van der Waals surface area contributed by atoms with Gasteiger partial charge in [-0.15, -0.1) is 0 Å². The second-order valence-electron chi connectivity index (χ2n) is 3.44. The Hall–Kier alpha value is -1.53.